The normalized spacial score (nSPS) is 29.8. The molecule has 2 nitrogen and oxygen atoms in total. The lowest BCUT2D eigenvalue weighted by atomic mass is 9.81. The lowest BCUT2D eigenvalue weighted by molar-refractivity contribution is -0.185. The highest BCUT2D eigenvalue weighted by Gasteiger charge is 2.44. The molecule has 72 valence electrons. The van der Waals surface area contributed by atoms with Crippen molar-refractivity contribution in [3.05, 3.63) is 0 Å². The number of hydrogen-bond donors (Lipinski definition) is 0. The third kappa shape index (κ3) is 2.44. The fourth-order valence-corrected chi connectivity index (χ4v) is 1.49. The van der Waals surface area contributed by atoms with E-state index in [0.29, 0.717) is 0 Å². The van der Waals surface area contributed by atoms with Gasteiger partial charge in [-0.1, -0.05) is 0 Å². The Kier molecular flexibility index (Phi) is 2.60. The van der Waals surface area contributed by atoms with Crippen LogP contribution in [0.3, 0.4) is 0 Å². The van der Waals surface area contributed by atoms with E-state index in [-0.39, 0.29) is 12.8 Å². The monoisotopic (exact) mass is 191 g/mol. The van der Waals surface area contributed by atoms with Gasteiger partial charge in [-0.2, -0.15) is 18.4 Å². The van der Waals surface area contributed by atoms with Crippen LogP contribution >= 0.6 is 0 Å². The maximum atomic E-state index is 12.2. The van der Waals surface area contributed by atoms with Gasteiger partial charge in [0, 0.05) is 12.8 Å². The molecule has 0 radical (unpaired) electrons. The van der Waals surface area contributed by atoms with E-state index in [1.54, 1.807) is 6.07 Å². The Labute approximate surface area is 73.3 Å². The zero-order valence-electron chi connectivity index (χ0n) is 6.77. The Morgan fingerprint density at radius 1 is 1.38 bits per heavy atom. The summed E-state index contributed by atoms with van der Waals surface area (Å²) in [5.41, 5.74) is 0. The van der Waals surface area contributed by atoms with Gasteiger partial charge in [-0.15, -0.1) is 0 Å². The van der Waals surface area contributed by atoms with Crippen molar-refractivity contribution in [1.82, 2.24) is 0 Å². The number of alkyl halides is 3. The van der Waals surface area contributed by atoms with Crippen molar-refractivity contribution in [1.29, 1.82) is 5.26 Å². The fourth-order valence-electron chi connectivity index (χ4n) is 1.49. The van der Waals surface area contributed by atoms with E-state index < -0.39 is 30.2 Å². The van der Waals surface area contributed by atoms with E-state index in [4.69, 9.17) is 5.26 Å². The van der Waals surface area contributed by atoms with Gasteiger partial charge >= 0.3 is 6.18 Å². The molecule has 1 rings (SSSR count). The molecule has 0 heterocycles. The van der Waals surface area contributed by atoms with Crippen molar-refractivity contribution in [2.24, 2.45) is 11.8 Å². The zero-order chi connectivity index (χ0) is 10.1. The summed E-state index contributed by atoms with van der Waals surface area (Å²) in [6.07, 6.45) is -5.05. The number of Topliss-reactive ketones (excluding diaryl/α,β-unsaturated/α-hetero) is 1. The number of hydrogen-bond acceptors (Lipinski definition) is 2. The van der Waals surface area contributed by atoms with E-state index in [2.05, 4.69) is 0 Å². The summed E-state index contributed by atoms with van der Waals surface area (Å²) in [4.78, 5) is 10.8. The Morgan fingerprint density at radius 2 is 2.00 bits per heavy atom. The molecule has 5 heteroatoms. The fraction of sp³-hybridized carbons (Fsp3) is 0.750. The van der Waals surface area contributed by atoms with Gasteiger partial charge in [0.1, 0.15) is 5.78 Å². The molecular weight excluding hydrogens is 183 g/mol. The molecule has 0 amide bonds. The Balaban J connectivity index is 2.69. The van der Waals surface area contributed by atoms with Crippen LogP contribution in [0.2, 0.25) is 0 Å². The first-order valence-electron chi connectivity index (χ1n) is 3.91. The minimum Gasteiger partial charge on any atom is -0.300 e. The number of rotatable bonds is 0. The highest BCUT2D eigenvalue weighted by atomic mass is 19.4. The van der Waals surface area contributed by atoms with Crippen molar-refractivity contribution < 1.29 is 18.0 Å². The van der Waals surface area contributed by atoms with Gasteiger partial charge in [0.2, 0.25) is 0 Å². The highest BCUT2D eigenvalue weighted by Crippen LogP contribution is 2.38. The number of halogens is 3. The molecule has 0 spiro atoms. The molecule has 0 saturated heterocycles. The Morgan fingerprint density at radius 3 is 2.46 bits per heavy atom. The van der Waals surface area contributed by atoms with Crippen LogP contribution < -0.4 is 0 Å². The standard InChI is InChI=1S/C8H8F3NO/c9-8(10,11)6-1-5(4-12)2-7(13)3-6/h5-6H,1-3H2/t5-,6-/m0/s1. The van der Waals surface area contributed by atoms with Gasteiger partial charge < -0.3 is 0 Å². The predicted octanol–water partition coefficient (Wildman–Crippen LogP) is 2.06. The van der Waals surface area contributed by atoms with Gasteiger partial charge in [-0.05, 0) is 6.42 Å². The van der Waals surface area contributed by atoms with E-state index in [1.165, 1.54) is 0 Å². The molecule has 0 aromatic rings. The lowest BCUT2D eigenvalue weighted by Crippen LogP contribution is -2.32. The molecule has 2 atom stereocenters. The molecule has 1 saturated carbocycles. The van der Waals surface area contributed by atoms with Crippen molar-refractivity contribution in [3.63, 3.8) is 0 Å². The van der Waals surface area contributed by atoms with E-state index in [9.17, 15) is 18.0 Å². The summed E-state index contributed by atoms with van der Waals surface area (Å²) in [7, 11) is 0. The summed E-state index contributed by atoms with van der Waals surface area (Å²) in [5.74, 6) is -2.83. The van der Waals surface area contributed by atoms with Crippen LogP contribution in [0, 0.1) is 23.2 Å². The van der Waals surface area contributed by atoms with Crippen LogP contribution in [0.1, 0.15) is 19.3 Å². The molecule has 1 aliphatic rings. The van der Waals surface area contributed by atoms with Crippen LogP contribution in [-0.4, -0.2) is 12.0 Å². The van der Waals surface area contributed by atoms with Gasteiger partial charge in [-0.3, -0.25) is 4.79 Å². The first kappa shape index (κ1) is 10.0. The molecule has 0 aromatic carbocycles. The molecule has 0 bridgehead atoms. The third-order valence-corrected chi connectivity index (χ3v) is 2.16. The van der Waals surface area contributed by atoms with Gasteiger partial charge in [0.05, 0.1) is 17.9 Å². The number of carbonyl (C=O) groups excluding carboxylic acids is 1. The van der Waals surface area contributed by atoms with Gasteiger partial charge in [-0.25, -0.2) is 0 Å². The molecular formula is C8H8F3NO. The van der Waals surface area contributed by atoms with Crippen molar-refractivity contribution in [3.8, 4) is 6.07 Å². The van der Waals surface area contributed by atoms with Crippen molar-refractivity contribution in [2.75, 3.05) is 0 Å². The minimum atomic E-state index is -4.34. The molecule has 1 aliphatic carbocycles. The maximum Gasteiger partial charge on any atom is 0.392 e. The molecule has 0 aromatic heterocycles. The molecule has 0 unspecified atom stereocenters. The van der Waals surface area contributed by atoms with E-state index >= 15 is 0 Å². The largest absolute Gasteiger partial charge is 0.392 e. The second-order valence-electron chi connectivity index (χ2n) is 3.25. The summed E-state index contributed by atoms with van der Waals surface area (Å²) >= 11 is 0. The molecule has 13 heavy (non-hydrogen) atoms. The Bertz CT molecular complexity index is 253. The number of ketones is 1. The summed E-state index contributed by atoms with van der Waals surface area (Å²) < 4.78 is 36.5. The van der Waals surface area contributed by atoms with E-state index in [0.717, 1.165) is 0 Å². The smallest absolute Gasteiger partial charge is 0.300 e. The van der Waals surface area contributed by atoms with Crippen LogP contribution in [0.4, 0.5) is 13.2 Å². The second-order valence-corrected chi connectivity index (χ2v) is 3.25. The molecule has 0 N–H and O–H groups in total. The zero-order valence-corrected chi connectivity index (χ0v) is 6.77. The first-order chi connectivity index (χ1) is 5.93. The SMILES string of the molecule is N#C[C@@H]1CC(=O)C[C@@H](C(F)(F)F)C1. The number of nitriles is 1. The van der Waals surface area contributed by atoms with Gasteiger partial charge in [0.25, 0.3) is 0 Å². The predicted molar refractivity (Wildman–Crippen MR) is 37.5 cm³/mol. The van der Waals surface area contributed by atoms with Crippen LogP contribution in [0.25, 0.3) is 0 Å². The quantitative estimate of drug-likeness (QED) is 0.588. The Hall–Kier alpha value is -1.05. The second kappa shape index (κ2) is 3.36. The molecule has 1 fully saturated rings. The van der Waals surface area contributed by atoms with Crippen molar-refractivity contribution >= 4 is 5.78 Å². The summed E-state index contributed by atoms with van der Waals surface area (Å²) in [5, 5.41) is 8.42. The topological polar surface area (TPSA) is 40.9 Å². The average molecular weight is 191 g/mol. The van der Waals surface area contributed by atoms with Crippen LogP contribution in [0.15, 0.2) is 0 Å². The number of nitrogens with zero attached hydrogens (tertiary/aromatic N) is 1. The first-order valence-corrected chi connectivity index (χ1v) is 3.91. The van der Waals surface area contributed by atoms with Crippen LogP contribution in [0.5, 0.6) is 0 Å². The molecule has 0 aliphatic heterocycles. The highest BCUT2D eigenvalue weighted by molar-refractivity contribution is 5.80. The summed E-state index contributed by atoms with van der Waals surface area (Å²) in [6.45, 7) is 0. The number of carbonyl (C=O) groups is 1. The maximum absolute atomic E-state index is 12.2. The third-order valence-electron chi connectivity index (χ3n) is 2.16. The van der Waals surface area contributed by atoms with Crippen molar-refractivity contribution in [2.45, 2.75) is 25.4 Å². The minimum absolute atomic E-state index is 0.0247. The van der Waals surface area contributed by atoms with E-state index in [1.807, 2.05) is 0 Å². The summed E-state index contributed by atoms with van der Waals surface area (Å²) in [6, 6.07) is 1.72. The van der Waals surface area contributed by atoms with Crippen LogP contribution in [-0.2, 0) is 4.79 Å². The lowest BCUT2D eigenvalue weighted by Gasteiger charge is -2.25. The average Bonchev–Trinajstić information content (AvgIpc) is 2.01. The van der Waals surface area contributed by atoms with Gasteiger partial charge in [0.15, 0.2) is 0 Å².